The number of nitrogen functional groups attached to an aromatic ring is 1. The largest absolute Gasteiger partial charge is 0.326 e. The summed E-state index contributed by atoms with van der Waals surface area (Å²) in [5, 5.41) is 0. The van der Waals surface area contributed by atoms with E-state index in [0.29, 0.717) is 25.3 Å². The first-order valence-corrected chi connectivity index (χ1v) is 5.58. The third kappa shape index (κ3) is 2.40. The van der Waals surface area contributed by atoms with Gasteiger partial charge in [-0.1, -0.05) is 6.07 Å². The number of hydrogen-bond acceptors (Lipinski definition) is 4. The van der Waals surface area contributed by atoms with Crippen LogP contribution in [-0.4, -0.2) is 46.9 Å². The Morgan fingerprint density at radius 2 is 2.28 bits per heavy atom. The van der Waals surface area contributed by atoms with Crippen LogP contribution in [0.2, 0.25) is 0 Å². The monoisotopic (exact) mass is 249 g/mol. The van der Waals surface area contributed by atoms with Gasteiger partial charge in [-0.2, -0.15) is 0 Å². The molecule has 1 aliphatic rings. The second-order valence-corrected chi connectivity index (χ2v) is 4.11. The lowest BCUT2D eigenvalue weighted by Gasteiger charge is -2.15. The molecule has 3 amide bonds. The highest BCUT2D eigenvalue weighted by Gasteiger charge is 2.25. The second-order valence-electron chi connectivity index (χ2n) is 4.11. The van der Waals surface area contributed by atoms with Gasteiger partial charge >= 0.3 is 6.03 Å². The molecule has 0 aromatic carbocycles. The number of nitrogens with two attached hydrogens (primary N) is 1. The molecule has 3 N–H and O–H groups in total. The lowest BCUT2D eigenvalue weighted by atomic mass is 10.3. The summed E-state index contributed by atoms with van der Waals surface area (Å²) in [6, 6.07) is 5.05. The van der Waals surface area contributed by atoms with Gasteiger partial charge in [-0.05, 0) is 12.1 Å². The van der Waals surface area contributed by atoms with Gasteiger partial charge in [0.2, 0.25) is 0 Å². The minimum absolute atomic E-state index is 0.0227. The number of likely N-dealkylation sites (N-methyl/N-ethyl adjacent to an activating group) is 1. The predicted molar refractivity (Wildman–Crippen MR) is 64.3 cm³/mol. The van der Waals surface area contributed by atoms with Gasteiger partial charge in [0.05, 0.1) is 12.2 Å². The number of nitrogens with one attached hydrogen (secondary N) is 1. The van der Waals surface area contributed by atoms with E-state index in [0.717, 1.165) is 0 Å². The van der Waals surface area contributed by atoms with E-state index in [4.69, 9.17) is 5.84 Å². The molecule has 0 unspecified atom stereocenters. The van der Waals surface area contributed by atoms with Crippen LogP contribution in [0.1, 0.15) is 16.2 Å². The van der Waals surface area contributed by atoms with Crippen LogP contribution in [0.3, 0.4) is 0 Å². The maximum absolute atomic E-state index is 11.7. The normalized spacial score (nSPS) is 15.1. The fraction of sp³-hybridized carbons (Fsp3) is 0.364. The summed E-state index contributed by atoms with van der Waals surface area (Å²) in [6.07, 6.45) is 0. The van der Waals surface area contributed by atoms with Crippen molar-refractivity contribution >= 4 is 11.9 Å². The number of pyridine rings is 1. The average Bonchev–Trinajstić information content (AvgIpc) is 2.70. The maximum atomic E-state index is 11.7. The standard InChI is InChI=1S/C11H15N5O2/c1-15-5-6-16(11(15)18)7-8-3-2-4-9(13-8)10(17)14-12/h2-4H,5-7,12H2,1H3,(H,14,17). The molecule has 1 aromatic rings. The number of nitrogens with zero attached hydrogens (tertiary/aromatic N) is 3. The van der Waals surface area contributed by atoms with Crippen molar-refractivity contribution in [2.24, 2.45) is 5.84 Å². The summed E-state index contributed by atoms with van der Waals surface area (Å²) in [6.45, 7) is 1.78. The smallest absolute Gasteiger partial charge is 0.320 e. The van der Waals surface area contributed by atoms with Crippen LogP contribution in [-0.2, 0) is 6.54 Å². The van der Waals surface area contributed by atoms with E-state index in [-0.39, 0.29) is 11.7 Å². The number of hydrazine groups is 1. The van der Waals surface area contributed by atoms with Crippen LogP contribution in [0.25, 0.3) is 0 Å². The van der Waals surface area contributed by atoms with Crippen LogP contribution < -0.4 is 11.3 Å². The molecule has 7 nitrogen and oxygen atoms in total. The fourth-order valence-corrected chi connectivity index (χ4v) is 1.81. The van der Waals surface area contributed by atoms with Gasteiger partial charge in [-0.25, -0.2) is 15.6 Å². The van der Waals surface area contributed by atoms with Crippen molar-refractivity contribution in [2.75, 3.05) is 20.1 Å². The highest BCUT2D eigenvalue weighted by molar-refractivity contribution is 5.91. The third-order valence-corrected chi connectivity index (χ3v) is 2.83. The first-order valence-electron chi connectivity index (χ1n) is 5.58. The molecule has 1 fully saturated rings. The molecule has 0 radical (unpaired) electrons. The zero-order valence-corrected chi connectivity index (χ0v) is 10.1. The molecule has 7 heteroatoms. The van der Waals surface area contributed by atoms with Gasteiger partial charge in [0.15, 0.2) is 0 Å². The zero-order valence-electron chi connectivity index (χ0n) is 10.1. The van der Waals surface area contributed by atoms with Gasteiger partial charge in [-0.15, -0.1) is 0 Å². The second kappa shape index (κ2) is 5.01. The summed E-state index contributed by atoms with van der Waals surface area (Å²) >= 11 is 0. The molecule has 2 heterocycles. The molecule has 0 saturated carbocycles. The lowest BCUT2D eigenvalue weighted by molar-refractivity contribution is 0.0948. The Kier molecular flexibility index (Phi) is 3.42. The Bertz CT molecular complexity index is 476. The first-order chi connectivity index (χ1) is 8.61. The Morgan fingerprint density at radius 3 is 2.89 bits per heavy atom. The molecule has 96 valence electrons. The van der Waals surface area contributed by atoms with Crippen molar-refractivity contribution in [1.29, 1.82) is 0 Å². The molecule has 1 aliphatic heterocycles. The van der Waals surface area contributed by atoms with Crippen molar-refractivity contribution in [2.45, 2.75) is 6.54 Å². The van der Waals surface area contributed by atoms with Crippen LogP contribution in [0.5, 0.6) is 0 Å². The predicted octanol–water partition coefficient (Wildman–Crippen LogP) is -0.447. The SMILES string of the molecule is CN1CCN(Cc2cccc(C(=O)NN)n2)C1=O. The molecule has 2 rings (SSSR count). The number of urea groups is 1. The van der Waals surface area contributed by atoms with E-state index in [1.54, 1.807) is 35.0 Å². The Balaban J connectivity index is 2.10. The van der Waals surface area contributed by atoms with Crippen LogP contribution in [0.15, 0.2) is 18.2 Å². The molecular formula is C11H15N5O2. The molecule has 1 saturated heterocycles. The van der Waals surface area contributed by atoms with Crippen molar-refractivity contribution in [3.63, 3.8) is 0 Å². The number of carbonyl (C=O) groups is 2. The number of aromatic nitrogens is 1. The number of carbonyl (C=O) groups excluding carboxylic acids is 2. The fourth-order valence-electron chi connectivity index (χ4n) is 1.81. The number of amides is 3. The third-order valence-electron chi connectivity index (χ3n) is 2.83. The van der Waals surface area contributed by atoms with Gasteiger partial charge in [0.1, 0.15) is 5.69 Å². The summed E-state index contributed by atoms with van der Waals surface area (Å²) in [5.41, 5.74) is 2.94. The highest BCUT2D eigenvalue weighted by Crippen LogP contribution is 2.10. The van der Waals surface area contributed by atoms with E-state index in [1.165, 1.54) is 0 Å². The van der Waals surface area contributed by atoms with Gasteiger partial charge < -0.3 is 9.80 Å². The minimum atomic E-state index is -0.443. The molecule has 0 bridgehead atoms. The molecule has 0 spiro atoms. The number of rotatable bonds is 3. The Morgan fingerprint density at radius 1 is 1.50 bits per heavy atom. The van der Waals surface area contributed by atoms with E-state index >= 15 is 0 Å². The van der Waals surface area contributed by atoms with E-state index in [2.05, 4.69) is 4.98 Å². The Hall–Kier alpha value is -2.15. The van der Waals surface area contributed by atoms with E-state index in [1.807, 2.05) is 5.43 Å². The van der Waals surface area contributed by atoms with E-state index in [9.17, 15) is 9.59 Å². The first kappa shape index (κ1) is 12.3. The Labute approximate surface area is 105 Å². The van der Waals surface area contributed by atoms with Gasteiger partial charge in [0, 0.05) is 20.1 Å². The minimum Gasteiger partial charge on any atom is -0.326 e. The van der Waals surface area contributed by atoms with E-state index < -0.39 is 5.91 Å². The summed E-state index contributed by atoms with van der Waals surface area (Å²) in [7, 11) is 1.76. The van der Waals surface area contributed by atoms with Crippen LogP contribution in [0.4, 0.5) is 4.79 Å². The molecule has 0 aliphatic carbocycles. The molecular weight excluding hydrogens is 234 g/mol. The highest BCUT2D eigenvalue weighted by atomic mass is 16.2. The molecule has 0 atom stereocenters. The number of hydrogen-bond donors (Lipinski definition) is 2. The summed E-state index contributed by atoms with van der Waals surface area (Å²) in [4.78, 5) is 30.5. The summed E-state index contributed by atoms with van der Waals surface area (Å²) in [5.74, 6) is 4.60. The van der Waals surface area contributed by atoms with Gasteiger partial charge in [-0.3, -0.25) is 10.2 Å². The van der Waals surface area contributed by atoms with Crippen molar-refractivity contribution in [3.8, 4) is 0 Å². The van der Waals surface area contributed by atoms with Crippen LogP contribution >= 0.6 is 0 Å². The average molecular weight is 249 g/mol. The van der Waals surface area contributed by atoms with Crippen LogP contribution in [0, 0.1) is 0 Å². The zero-order chi connectivity index (χ0) is 13.1. The van der Waals surface area contributed by atoms with Crippen molar-refractivity contribution in [1.82, 2.24) is 20.2 Å². The quantitative estimate of drug-likeness (QED) is 0.431. The van der Waals surface area contributed by atoms with Crippen molar-refractivity contribution < 1.29 is 9.59 Å². The van der Waals surface area contributed by atoms with Crippen molar-refractivity contribution in [3.05, 3.63) is 29.6 Å². The molecule has 1 aromatic heterocycles. The maximum Gasteiger partial charge on any atom is 0.320 e. The molecule has 18 heavy (non-hydrogen) atoms. The topological polar surface area (TPSA) is 91.6 Å². The van der Waals surface area contributed by atoms with Gasteiger partial charge in [0.25, 0.3) is 5.91 Å². The summed E-state index contributed by atoms with van der Waals surface area (Å²) < 4.78 is 0. The lowest BCUT2D eigenvalue weighted by Crippen LogP contribution is -2.32.